The van der Waals surface area contributed by atoms with Crippen LogP contribution in [0.3, 0.4) is 0 Å². The summed E-state index contributed by atoms with van der Waals surface area (Å²) in [6.07, 6.45) is -0.0900. The Bertz CT molecular complexity index is 455. The summed E-state index contributed by atoms with van der Waals surface area (Å²) >= 11 is 0. The maximum absolute atomic E-state index is 12.3. The molecule has 5 nitrogen and oxygen atoms in total. The smallest absolute Gasteiger partial charge is 0.347 e. The lowest BCUT2D eigenvalue weighted by molar-refractivity contribution is -0.0585. The zero-order valence-corrected chi connectivity index (χ0v) is 11.2. The number of benzene rings is 1. The van der Waals surface area contributed by atoms with Crippen LogP contribution < -0.4 is 0 Å². The van der Waals surface area contributed by atoms with Gasteiger partial charge >= 0.3 is 6.03 Å². The second-order valence-electron chi connectivity index (χ2n) is 5.14. The largest absolute Gasteiger partial charge is 0.372 e. The Morgan fingerprint density at radius 2 is 1.79 bits per heavy atom. The summed E-state index contributed by atoms with van der Waals surface area (Å²) in [6.45, 7) is 5.19. The van der Waals surface area contributed by atoms with Gasteiger partial charge < -0.3 is 9.64 Å². The molecule has 2 aliphatic rings. The highest BCUT2D eigenvalue weighted by molar-refractivity contribution is 5.75. The molecular weight excluding hydrogens is 244 g/mol. The first-order valence-electron chi connectivity index (χ1n) is 6.60. The van der Waals surface area contributed by atoms with Crippen LogP contribution in [0.4, 0.5) is 4.79 Å². The fourth-order valence-corrected chi connectivity index (χ4v) is 2.51. The second kappa shape index (κ2) is 4.83. The predicted molar refractivity (Wildman–Crippen MR) is 69.1 cm³/mol. The fraction of sp³-hybridized carbons (Fsp3) is 0.500. The molecule has 1 aromatic carbocycles. The Kier molecular flexibility index (Phi) is 3.16. The van der Waals surface area contributed by atoms with Gasteiger partial charge in [0.1, 0.15) is 0 Å². The van der Waals surface area contributed by atoms with Gasteiger partial charge in [-0.15, -0.1) is 0 Å². The van der Waals surface area contributed by atoms with Crippen LogP contribution in [0.5, 0.6) is 0 Å². The second-order valence-corrected chi connectivity index (χ2v) is 5.14. The molecule has 3 rings (SSSR count). The lowest BCUT2D eigenvalue weighted by Crippen LogP contribution is -2.49. The predicted octanol–water partition coefficient (Wildman–Crippen LogP) is 2.16. The molecule has 3 atom stereocenters. The van der Waals surface area contributed by atoms with Gasteiger partial charge in [-0.25, -0.2) is 9.63 Å². The quantitative estimate of drug-likeness (QED) is 0.729. The van der Waals surface area contributed by atoms with E-state index < -0.39 is 0 Å². The zero-order valence-electron chi connectivity index (χ0n) is 11.2. The van der Waals surface area contributed by atoms with Crippen molar-refractivity contribution in [3.05, 3.63) is 35.9 Å². The third kappa shape index (κ3) is 2.57. The van der Waals surface area contributed by atoms with E-state index in [1.54, 1.807) is 4.90 Å². The van der Waals surface area contributed by atoms with Gasteiger partial charge in [0, 0.05) is 18.7 Å². The number of carbonyl (C=O) groups excluding carboxylic acids is 1. The molecule has 0 spiro atoms. The minimum Gasteiger partial charge on any atom is -0.372 e. The highest BCUT2D eigenvalue weighted by Gasteiger charge is 2.45. The molecule has 0 aliphatic carbocycles. The van der Waals surface area contributed by atoms with E-state index in [4.69, 9.17) is 9.57 Å². The number of urea groups is 1. The summed E-state index contributed by atoms with van der Waals surface area (Å²) in [5.74, 6) is 0. The number of amides is 2. The molecule has 2 heterocycles. The molecule has 0 radical (unpaired) electrons. The summed E-state index contributed by atoms with van der Waals surface area (Å²) in [5, 5.41) is 1.43. The van der Waals surface area contributed by atoms with Crippen LogP contribution in [-0.4, -0.2) is 41.3 Å². The third-order valence-electron chi connectivity index (χ3n) is 3.34. The van der Waals surface area contributed by atoms with Gasteiger partial charge in [-0.3, -0.25) is 0 Å². The number of carbonyl (C=O) groups is 1. The standard InChI is InChI=1S/C14H18N2O3/c1-10-8-15(9-11(2)18-10)14(17)16-13(19-16)12-6-4-3-5-7-12/h3-7,10-11,13H,8-9H2,1-2H3/t10-,11+,13?,16?. The van der Waals surface area contributed by atoms with E-state index >= 15 is 0 Å². The van der Waals surface area contributed by atoms with Crippen molar-refractivity contribution >= 4 is 6.03 Å². The first-order chi connectivity index (χ1) is 9.15. The van der Waals surface area contributed by atoms with Gasteiger partial charge in [-0.2, -0.15) is 5.06 Å². The van der Waals surface area contributed by atoms with E-state index in [1.165, 1.54) is 5.06 Å². The molecule has 102 valence electrons. The average Bonchev–Trinajstić information content (AvgIpc) is 3.18. The maximum atomic E-state index is 12.3. The Balaban J connectivity index is 1.63. The topological polar surface area (TPSA) is 45.1 Å². The van der Waals surface area contributed by atoms with Crippen molar-refractivity contribution in [1.29, 1.82) is 0 Å². The Morgan fingerprint density at radius 1 is 1.16 bits per heavy atom. The van der Waals surface area contributed by atoms with Crippen molar-refractivity contribution in [3.8, 4) is 0 Å². The minimum absolute atomic E-state index is 0.0721. The third-order valence-corrected chi connectivity index (χ3v) is 3.34. The molecular formula is C14H18N2O3. The highest BCUT2D eigenvalue weighted by atomic mass is 16.8. The highest BCUT2D eigenvalue weighted by Crippen LogP contribution is 2.38. The fourth-order valence-electron chi connectivity index (χ4n) is 2.51. The summed E-state index contributed by atoms with van der Waals surface area (Å²) in [7, 11) is 0. The molecule has 0 N–H and O–H groups in total. The van der Waals surface area contributed by atoms with Gasteiger partial charge in [0.05, 0.1) is 12.2 Å². The molecule has 2 aliphatic heterocycles. The number of hydrogen-bond donors (Lipinski definition) is 0. The van der Waals surface area contributed by atoms with Crippen LogP contribution in [0.2, 0.25) is 0 Å². The van der Waals surface area contributed by atoms with Crippen LogP contribution in [0.25, 0.3) is 0 Å². The van der Waals surface area contributed by atoms with Crippen molar-refractivity contribution in [1.82, 2.24) is 9.96 Å². The Hall–Kier alpha value is -1.59. The molecule has 2 amide bonds. The number of morpholine rings is 1. The van der Waals surface area contributed by atoms with Gasteiger partial charge in [0.2, 0.25) is 6.23 Å². The van der Waals surface area contributed by atoms with Crippen molar-refractivity contribution in [3.63, 3.8) is 0 Å². The minimum atomic E-state index is -0.234. The first-order valence-corrected chi connectivity index (χ1v) is 6.60. The molecule has 19 heavy (non-hydrogen) atoms. The summed E-state index contributed by atoms with van der Waals surface area (Å²) in [5.41, 5.74) is 1.00. The number of rotatable bonds is 1. The van der Waals surface area contributed by atoms with E-state index in [0.29, 0.717) is 13.1 Å². The van der Waals surface area contributed by atoms with Crippen LogP contribution in [-0.2, 0) is 9.57 Å². The molecule has 1 aromatic rings. The molecule has 1 unspecified atom stereocenters. The van der Waals surface area contributed by atoms with Gasteiger partial charge in [0.25, 0.3) is 0 Å². The SMILES string of the molecule is C[C@@H]1CN(C(=O)N2OC2c2ccccc2)C[C@H](C)O1. The Labute approximate surface area is 112 Å². The molecule has 0 aromatic heterocycles. The monoisotopic (exact) mass is 262 g/mol. The summed E-state index contributed by atoms with van der Waals surface area (Å²) in [4.78, 5) is 19.5. The van der Waals surface area contributed by atoms with Crippen LogP contribution in [0.15, 0.2) is 30.3 Å². The molecule has 2 saturated heterocycles. The van der Waals surface area contributed by atoms with Gasteiger partial charge in [0.15, 0.2) is 0 Å². The number of hydroxylamine groups is 2. The number of hydrogen-bond acceptors (Lipinski definition) is 3. The average molecular weight is 262 g/mol. The van der Waals surface area contributed by atoms with Crippen molar-refractivity contribution < 1.29 is 14.4 Å². The van der Waals surface area contributed by atoms with Gasteiger partial charge in [-0.05, 0) is 13.8 Å². The van der Waals surface area contributed by atoms with Crippen LogP contribution in [0, 0.1) is 0 Å². The lowest BCUT2D eigenvalue weighted by Gasteiger charge is -2.34. The van der Waals surface area contributed by atoms with E-state index in [1.807, 2.05) is 44.2 Å². The van der Waals surface area contributed by atoms with E-state index in [-0.39, 0.29) is 24.5 Å². The van der Waals surface area contributed by atoms with E-state index in [2.05, 4.69) is 0 Å². The number of nitrogens with zero attached hydrogens (tertiary/aromatic N) is 2. The normalized spacial score (nSPS) is 30.3. The number of ether oxygens (including phenoxy) is 1. The van der Waals surface area contributed by atoms with Crippen molar-refractivity contribution in [2.75, 3.05) is 13.1 Å². The summed E-state index contributed by atoms with van der Waals surface area (Å²) in [6, 6.07) is 9.68. The molecule has 0 saturated carbocycles. The van der Waals surface area contributed by atoms with Crippen LogP contribution in [0.1, 0.15) is 25.6 Å². The first kappa shape index (κ1) is 12.4. The van der Waals surface area contributed by atoms with Crippen molar-refractivity contribution in [2.24, 2.45) is 0 Å². The van der Waals surface area contributed by atoms with E-state index in [0.717, 1.165) is 5.56 Å². The Morgan fingerprint density at radius 3 is 2.42 bits per heavy atom. The molecule has 0 bridgehead atoms. The summed E-state index contributed by atoms with van der Waals surface area (Å²) < 4.78 is 5.62. The van der Waals surface area contributed by atoms with Crippen LogP contribution >= 0.6 is 0 Å². The molecule has 5 heteroatoms. The van der Waals surface area contributed by atoms with Gasteiger partial charge in [-0.1, -0.05) is 30.3 Å². The van der Waals surface area contributed by atoms with E-state index in [9.17, 15) is 4.79 Å². The lowest BCUT2D eigenvalue weighted by atomic mass is 10.2. The van der Waals surface area contributed by atoms with Crippen molar-refractivity contribution in [2.45, 2.75) is 32.3 Å². The molecule has 2 fully saturated rings. The maximum Gasteiger partial charge on any atom is 0.347 e. The zero-order chi connectivity index (χ0) is 13.4.